The lowest BCUT2D eigenvalue weighted by Gasteiger charge is -2.32. The van der Waals surface area contributed by atoms with E-state index in [1.54, 1.807) is 0 Å². The summed E-state index contributed by atoms with van der Waals surface area (Å²) in [5, 5.41) is 30.8. The molecule has 5 atom stereocenters. The highest BCUT2D eigenvalue weighted by molar-refractivity contribution is 4.98. The van der Waals surface area contributed by atoms with Gasteiger partial charge >= 0.3 is 0 Å². The summed E-state index contributed by atoms with van der Waals surface area (Å²) >= 11 is 0. The highest BCUT2D eigenvalue weighted by atomic mass is 16.5. The Labute approximate surface area is 160 Å². The number of aliphatic hydroxyl groups excluding tert-OH is 3. The first-order valence-corrected chi connectivity index (χ1v) is 10.9. The van der Waals surface area contributed by atoms with Gasteiger partial charge in [0.2, 0.25) is 0 Å². The molecule has 26 heavy (non-hydrogen) atoms. The zero-order valence-electron chi connectivity index (χ0n) is 17.3. The number of hydrogen-bond donors (Lipinski definition) is 3. The van der Waals surface area contributed by atoms with E-state index < -0.39 is 24.4 Å². The van der Waals surface area contributed by atoms with Crippen LogP contribution in [0.4, 0.5) is 0 Å². The normalized spacial score (nSPS) is 27.3. The van der Waals surface area contributed by atoms with Gasteiger partial charge in [-0.25, -0.2) is 0 Å². The van der Waals surface area contributed by atoms with Crippen molar-refractivity contribution in [3.63, 3.8) is 0 Å². The maximum Gasteiger partial charge on any atom is 0.102 e. The van der Waals surface area contributed by atoms with Crippen LogP contribution < -0.4 is 0 Å². The first kappa shape index (κ1) is 23.8. The zero-order chi connectivity index (χ0) is 19.4. The topological polar surface area (TPSA) is 73.2 Å². The minimum absolute atomic E-state index is 0.191. The largest absolute Gasteiger partial charge is 0.391 e. The van der Waals surface area contributed by atoms with Gasteiger partial charge in [0.25, 0.3) is 0 Å². The van der Waals surface area contributed by atoms with Crippen LogP contribution in [0.1, 0.15) is 84.5 Å². The van der Waals surface area contributed by atoms with Crippen LogP contribution in [0.15, 0.2) is 0 Å². The third kappa shape index (κ3) is 8.66. The molecule has 0 bridgehead atoms. The lowest BCUT2D eigenvalue weighted by molar-refractivity contribution is -0.0834. The van der Waals surface area contributed by atoms with Crippen molar-refractivity contribution in [3.8, 4) is 0 Å². The smallest absolute Gasteiger partial charge is 0.102 e. The molecule has 0 spiro atoms. The van der Waals surface area contributed by atoms with E-state index in [0.717, 1.165) is 32.2 Å². The van der Waals surface area contributed by atoms with Gasteiger partial charge in [0.1, 0.15) is 6.10 Å². The third-order valence-electron chi connectivity index (χ3n) is 5.59. The fraction of sp³-hybridized carbons (Fsp3) is 1.00. The van der Waals surface area contributed by atoms with Gasteiger partial charge in [-0.15, -0.1) is 0 Å². The van der Waals surface area contributed by atoms with E-state index in [4.69, 9.17) is 4.74 Å². The van der Waals surface area contributed by atoms with E-state index in [9.17, 15) is 15.3 Å². The van der Waals surface area contributed by atoms with E-state index in [1.807, 2.05) is 7.05 Å². The van der Waals surface area contributed by atoms with Gasteiger partial charge in [-0.05, 0) is 26.4 Å². The number of hydrogen-bond acceptors (Lipinski definition) is 5. The Kier molecular flexibility index (Phi) is 12.7. The first-order chi connectivity index (χ1) is 12.5. The number of rotatable bonds is 15. The van der Waals surface area contributed by atoms with Gasteiger partial charge in [0, 0.05) is 6.42 Å². The molecule has 1 aliphatic rings. The lowest BCUT2D eigenvalue weighted by atomic mass is 10.1. The molecule has 1 rings (SSSR count). The molecule has 0 heterocycles. The average molecular weight is 374 g/mol. The molecule has 1 fully saturated rings. The molecule has 0 aromatic carbocycles. The van der Waals surface area contributed by atoms with E-state index in [0.29, 0.717) is 6.42 Å². The summed E-state index contributed by atoms with van der Waals surface area (Å²) in [4.78, 5) is 2.13. The summed E-state index contributed by atoms with van der Waals surface area (Å²) in [6.45, 7) is 5.52. The van der Waals surface area contributed by atoms with Crippen molar-refractivity contribution in [3.05, 3.63) is 0 Å². The summed E-state index contributed by atoms with van der Waals surface area (Å²) < 4.78 is 5.88. The molecule has 156 valence electrons. The fourth-order valence-corrected chi connectivity index (χ4v) is 3.95. The van der Waals surface area contributed by atoms with E-state index in [2.05, 4.69) is 18.7 Å². The van der Waals surface area contributed by atoms with Gasteiger partial charge < -0.3 is 20.1 Å². The van der Waals surface area contributed by atoms with E-state index in [-0.39, 0.29) is 12.6 Å². The minimum Gasteiger partial charge on any atom is -0.391 e. The summed E-state index contributed by atoms with van der Waals surface area (Å²) in [5.41, 5.74) is 0. The predicted molar refractivity (Wildman–Crippen MR) is 106 cm³/mol. The minimum atomic E-state index is -0.662. The standard InChI is InChI=1S/C21H43NO4/c1-4-6-8-10-12-14-22(3)20-18(24)15-19(25)21(20)26-16-17(23)13-11-9-7-5-2/h17-21,23-25H,4-16H2,1-3H3. The molecular weight excluding hydrogens is 330 g/mol. The number of ether oxygens (including phenoxy) is 1. The van der Waals surface area contributed by atoms with Crippen molar-refractivity contribution in [2.45, 2.75) is 115 Å². The predicted octanol–water partition coefficient (Wildman–Crippen LogP) is 3.10. The average Bonchev–Trinajstić information content (AvgIpc) is 2.90. The lowest BCUT2D eigenvalue weighted by Crippen LogP contribution is -2.48. The Balaban J connectivity index is 2.38. The SMILES string of the molecule is CCCCCCCN(C)C1C(O)CC(O)C1OCC(O)CCCCCC. The highest BCUT2D eigenvalue weighted by Crippen LogP contribution is 2.28. The fourth-order valence-electron chi connectivity index (χ4n) is 3.95. The van der Waals surface area contributed by atoms with Gasteiger partial charge in [-0.1, -0.05) is 65.2 Å². The maximum atomic E-state index is 10.4. The first-order valence-electron chi connectivity index (χ1n) is 10.9. The second-order valence-corrected chi connectivity index (χ2v) is 8.06. The molecular formula is C21H43NO4. The van der Waals surface area contributed by atoms with E-state index in [1.165, 1.54) is 38.5 Å². The van der Waals surface area contributed by atoms with Gasteiger partial charge in [-0.2, -0.15) is 0 Å². The molecule has 0 saturated heterocycles. The number of unbranched alkanes of at least 4 members (excludes halogenated alkanes) is 7. The Morgan fingerprint density at radius 1 is 0.923 bits per heavy atom. The molecule has 1 aliphatic carbocycles. The Morgan fingerprint density at radius 2 is 1.54 bits per heavy atom. The number of aliphatic hydroxyl groups is 3. The molecule has 1 saturated carbocycles. The van der Waals surface area contributed by atoms with Crippen molar-refractivity contribution in [2.24, 2.45) is 0 Å². The zero-order valence-corrected chi connectivity index (χ0v) is 17.3. The van der Waals surface area contributed by atoms with Crippen LogP contribution in [-0.4, -0.2) is 70.9 Å². The molecule has 3 N–H and O–H groups in total. The Morgan fingerprint density at radius 3 is 2.19 bits per heavy atom. The van der Waals surface area contributed by atoms with Crippen molar-refractivity contribution in [1.29, 1.82) is 0 Å². The molecule has 5 unspecified atom stereocenters. The summed E-state index contributed by atoms with van der Waals surface area (Å²) in [6.07, 6.45) is 9.55. The highest BCUT2D eigenvalue weighted by Gasteiger charge is 2.44. The number of likely N-dealkylation sites (N-methyl/N-ethyl adjacent to an activating group) is 1. The van der Waals surface area contributed by atoms with Crippen molar-refractivity contribution in [1.82, 2.24) is 4.90 Å². The molecule has 0 aliphatic heterocycles. The van der Waals surface area contributed by atoms with Crippen LogP contribution >= 0.6 is 0 Å². The summed E-state index contributed by atoms with van der Waals surface area (Å²) in [5.74, 6) is 0. The number of nitrogens with zero attached hydrogens (tertiary/aromatic N) is 1. The molecule has 5 nitrogen and oxygen atoms in total. The quantitative estimate of drug-likeness (QED) is 0.385. The van der Waals surface area contributed by atoms with Crippen LogP contribution in [0.25, 0.3) is 0 Å². The second-order valence-electron chi connectivity index (χ2n) is 8.06. The Bertz CT molecular complexity index is 342. The van der Waals surface area contributed by atoms with Crippen molar-refractivity contribution in [2.75, 3.05) is 20.2 Å². The maximum absolute atomic E-state index is 10.4. The summed E-state index contributed by atoms with van der Waals surface area (Å²) in [7, 11) is 2.00. The van der Waals surface area contributed by atoms with Crippen molar-refractivity contribution >= 4 is 0 Å². The molecule has 0 radical (unpaired) electrons. The van der Waals surface area contributed by atoms with E-state index >= 15 is 0 Å². The molecule has 5 heteroatoms. The van der Waals surface area contributed by atoms with Gasteiger partial charge in [-0.3, -0.25) is 4.90 Å². The Hall–Kier alpha value is -0.200. The monoisotopic (exact) mass is 373 g/mol. The van der Waals surface area contributed by atoms with Crippen LogP contribution in [0.2, 0.25) is 0 Å². The van der Waals surface area contributed by atoms with Gasteiger partial charge in [0.15, 0.2) is 0 Å². The summed E-state index contributed by atoms with van der Waals surface area (Å²) in [6, 6.07) is -0.191. The van der Waals surface area contributed by atoms with Gasteiger partial charge in [0.05, 0.1) is 31.0 Å². The molecule has 0 aromatic heterocycles. The van der Waals surface area contributed by atoms with Crippen LogP contribution in [0.5, 0.6) is 0 Å². The van der Waals surface area contributed by atoms with Crippen LogP contribution in [-0.2, 0) is 4.74 Å². The molecule has 0 amide bonds. The molecule has 0 aromatic rings. The van der Waals surface area contributed by atoms with Crippen molar-refractivity contribution < 1.29 is 20.1 Å². The van der Waals surface area contributed by atoms with Crippen LogP contribution in [0.3, 0.4) is 0 Å². The third-order valence-corrected chi connectivity index (χ3v) is 5.59. The van der Waals surface area contributed by atoms with Crippen LogP contribution in [0, 0.1) is 0 Å². The second kappa shape index (κ2) is 13.9.